The third-order valence-corrected chi connectivity index (χ3v) is 3.79. The number of fused-ring (bicyclic) bond motifs is 1. The first-order valence-corrected chi connectivity index (χ1v) is 6.59. The van der Waals surface area contributed by atoms with Crippen molar-refractivity contribution in [3.63, 3.8) is 0 Å². The summed E-state index contributed by atoms with van der Waals surface area (Å²) in [7, 11) is 0. The zero-order valence-electron chi connectivity index (χ0n) is 10.2. The van der Waals surface area contributed by atoms with Crippen LogP contribution < -0.4 is 0 Å². The molecule has 1 N–H and O–H groups in total. The summed E-state index contributed by atoms with van der Waals surface area (Å²) in [6, 6.07) is 19.3. The summed E-state index contributed by atoms with van der Waals surface area (Å²) in [5.74, 6) is 0.761. The van der Waals surface area contributed by atoms with Gasteiger partial charge in [-0.25, -0.2) is 0 Å². The topological polar surface area (TPSA) is 15.8 Å². The zero-order valence-corrected chi connectivity index (χ0v) is 10.2. The Kier molecular flexibility index (Phi) is 2.07. The highest BCUT2D eigenvalue weighted by molar-refractivity contribution is 5.91. The maximum atomic E-state index is 3.60. The Hall–Kier alpha value is -2.02. The van der Waals surface area contributed by atoms with Gasteiger partial charge in [0.05, 0.1) is 0 Å². The summed E-state index contributed by atoms with van der Waals surface area (Å²) in [6.45, 7) is 0. The molecule has 88 valence electrons. The van der Waals surface area contributed by atoms with Crippen molar-refractivity contribution in [1.82, 2.24) is 4.98 Å². The number of rotatable bonds is 2. The van der Waals surface area contributed by atoms with Crippen molar-refractivity contribution < 1.29 is 0 Å². The lowest BCUT2D eigenvalue weighted by Gasteiger charge is -2.03. The van der Waals surface area contributed by atoms with Gasteiger partial charge in [0.25, 0.3) is 0 Å². The Labute approximate surface area is 106 Å². The van der Waals surface area contributed by atoms with Crippen molar-refractivity contribution in [2.45, 2.75) is 18.8 Å². The molecule has 1 aliphatic carbocycles. The van der Waals surface area contributed by atoms with Crippen molar-refractivity contribution in [2.75, 3.05) is 0 Å². The Morgan fingerprint density at radius 2 is 1.56 bits per heavy atom. The predicted molar refractivity (Wildman–Crippen MR) is 75.7 cm³/mol. The minimum atomic E-state index is 0.761. The van der Waals surface area contributed by atoms with E-state index in [4.69, 9.17) is 0 Å². The molecule has 0 aliphatic heterocycles. The number of hydrogen-bond donors (Lipinski definition) is 1. The molecule has 0 saturated heterocycles. The summed E-state index contributed by atoms with van der Waals surface area (Å²) in [6.07, 6.45) is 2.67. The minimum absolute atomic E-state index is 0.761. The van der Waals surface area contributed by atoms with E-state index in [1.807, 2.05) is 0 Å². The average Bonchev–Trinajstić information content (AvgIpc) is 3.19. The maximum absolute atomic E-state index is 3.60. The van der Waals surface area contributed by atoms with Crippen LogP contribution in [0, 0.1) is 0 Å². The third kappa shape index (κ3) is 1.47. The maximum Gasteiger partial charge on any atom is 0.0500 e. The molecule has 0 spiro atoms. The van der Waals surface area contributed by atoms with E-state index in [9.17, 15) is 0 Å². The molecule has 1 heterocycles. The minimum Gasteiger partial charge on any atom is -0.354 e. The van der Waals surface area contributed by atoms with Crippen LogP contribution in [0.3, 0.4) is 0 Å². The lowest BCUT2D eigenvalue weighted by Crippen LogP contribution is -1.83. The second kappa shape index (κ2) is 3.74. The Balaban J connectivity index is 2.02. The van der Waals surface area contributed by atoms with Crippen molar-refractivity contribution in [3.8, 4) is 11.3 Å². The van der Waals surface area contributed by atoms with Gasteiger partial charge in [0.15, 0.2) is 0 Å². The fraction of sp³-hybridized carbons (Fsp3) is 0.176. The average molecular weight is 233 g/mol. The van der Waals surface area contributed by atoms with Crippen LogP contribution in [-0.4, -0.2) is 4.98 Å². The summed E-state index contributed by atoms with van der Waals surface area (Å²) in [5.41, 5.74) is 5.41. The second-order valence-corrected chi connectivity index (χ2v) is 5.10. The van der Waals surface area contributed by atoms with Crippen LogP contribution in [0.2, 0.25) is 0 Å². The summed E-state index contributed by atoms with van der Waals surface area (Å²) in [4.78, 5) is 3.60. The largest absolute Gasteiger partial charge is 0.354 e. The van der Waals surface area contributed by atoms with Gasteiger partial charge in [-0.1, -0.05) is 48.5 Å². The fourth-order valence-corrected chi connectivity index (χ4v) is 2.79. The van der Waals surface area contributed by atoms with Crippen LogP contribution in [0.5, 0.6) is 0 Å². The molecule has 1 saturated carbocycles. The normalized spacial score (nSPS) is 15.1. The molecular formula is C17H15N. The smallest absolute Gasteiger partial charge is 0.0500 e. The van der Waals surface area contributed by atoms with Crippen molar-refractivity contribution >= 4 is 10.9 Å². The Morgan fingerprint density at radius 3 is 2.33 bits per heavy atom. The monoisotopic (exact) mass is 233 g/mol. The van der Waals surface area contributed by atoms with E-state index in [0.29, 0.717) is 0 Å². The van der Waals surface area contributed by atoms with E-state index in [1.165, 1.54) is 40.6 Å². The van der Waals surface area contributed by atoms with E-state index in [0.717, 1.165) is 5.92 Å². The van der Waals surface area contributed by atoms with Crippen LogP contribution in [0.15, 0.2) is 54.6 Å². The molecule has 1 nitrogen and oxygen atoms in total. The number of H-pyrrole nitrogens is 1. The highest BCUT2D eigenvalue weighted by atomic mass is 14.7. The fourth-order valence-electron chi connectivity index (χ4n) is 2.79. The third-order valence-electron chi connectivity index (χ3n) is 3.79. The summed E-state index contributed by atoms with van der Waals surface area (Å²) in [5, 5.41) is 1.40. The van der Waals surface area contributed by atoms with Gasteiger partial charge in [-0.2, -0.15) is 0 Å². The Bertz CT molecular complexity index is 690. The first-order valence-electron chi connectivity index (χ1n) is 6.59. The first kappa shape index (κ1) is 9.95. The number of aromatic nitrogens is 1. The zero-order chi connectivity index (χ0) is 11.9. The van der Waals surface area contributed by atoms with E-state index in [-0.39, 0.29) is 0 Å². The van der Waals surface area contributed by atoms with Crippen LogP contribution in [0.4, 0.5) is 0 Å². The molecule has 0 amide bonds. The number of nitrogens with one attached hydrogen (secondary N) is 1. The molecule has 0 radical (unpaired) electrons. The van der Waals surface area contributed by atoms with Crippen molar-refractivity contribution in [1.29, 1.82) is 0 Å². The van der Waals surface area contributed by atoms with Crippen LogP contribution >= 0.6 is 0 Å². The van der Waals surface area contributed by atoms with Gasteiger partial charge >= 0.3 is 0 Å². The highest BCUT2D eigenvalue weighted by Crippen LogP contribution is 2.47. The molecule has 18 heavy (non-hydrogen) atoms. The number of para-hydroxylation sites is 1. The molecule has 0 bridgehead atoms. The quantitative estimate of drug-likeness (QED) is 0.659. The molecule has 0 unspecified atom stereocenters. The van der Waals surface area contributed by atoms with Gasteiger partial charge in [-0.05, 0) is 36.0 Å². The van der Waals surface area contributed by atoms with Crippen LogP contribution in [0.25, 0.3) is 22.2 Å². The van der Waals surface area contributed by atoms with E-state index >= 15 is 0 Å². The molecule has 3 aromatic rings. The molecule has 4 rings (SSSR count). The van der Waals surface area contributed by atoms with E-state index < -0.39 is 0 Å². The van der Waals surface area contributed by atoms with Crippen molar-refractivity contribution in [3.05, 3.63) is 60.2 Å². The van der Waals surface area contributed by atoms with Crippen molar-refractivity contribution in [2.24, 2.45) is 0 Å². The number of aromatic amines is 1. The lowest BCUT2D eigenvalue weighted by atomic mass is 10.0. The van der Waals surface area contributed by atoms with Gasteiger partial charge in [-0.15, -0.1) is 0 Å². The Morgan fingerprint density at radius 1 is 0.833 bits per heavy atom. The van der Waals surface area contributed by atoms with Gasteiger partial charge in [0.1, 0.15) is 0 Å². The lowest BCUT2D eigenvalue weighted by molar-refractivity contribution is 1.15. The van der Waals surface area contributed by atoms with Gasteiger partial charge in [-0.3, -0.25) is 0 Å². The van der Waals surface area contributed by atoms with Gasteiger partial charge in [0, 0.05) is 16.6 Å². The van der Waals surface area contributed by atoms with E-state index in [1.54, 1.807) is 0 Å². The molecule has 1 fully saturated rings. The molecule has 0 atom stereocenters. The van der Waals surface area contributed by atoms with Crippen LogP contribution in [0.1, 0.15) is 24.3 Å². The second-order valence-electron chi connectivity index (χ2n) is 5.10. The standard InChI is InChI=1S/C17H15N/c1-2-6-13(7-3-1)17-16(12-10-11-12)14-8-4-5-9-15(14)18-17/h1-9,12,18H,10-11H2. The summed E-state index contributed by atoms with van der Waals surface area (Å²) < 4.78 is 0. The molecular weight excluding hydrogens is 218 g/mol. The molecule has 1 aromatic heterocycles. The molecule has 2 aromatic carbocycles. The van der Waals surface area contributed by atoms with Gasteiger partial charge < -0.3 is 4.98 Å². The molecule has 1 aliphatic rings. The van der Waals surface area contributed by atoms with Crippen LogP contribution in [-0.2, 0) is 0 Å². The predicted octanol–water partition coefficient (Wildman–Crippen LogP) is 4.71. The number of benzene rings is 2. The first-order chi connectivity index (χ1) is 8.93. The number of hydrogen-bond acceptors (Lipinski definition) is 0. The highest BCUT2D eigenvalue weighted by Gasteiger charge is 2.29. The molecule has 1 heteroatoms. The summed E-state index contributed by atoms with van der Waals surface area (Å²) >= 11 is 0. The van der Waals surface area contributed by atoms with E-state index in [2.05, 4.69) is 59.6 Å². The SMILES string of the molecule is c1ccc(-c2[nH]c3ccccc3c2C2CC2)cc1. The van der Waals surface area contributed by atoms with Gasteiger partial charge in [0.2, 0.25) is 0 Å².